The van der Waals surface area contributed by atoms with Crippen molar-refractivity contribution >= 4 is 0 Å². The summed E-state index contributed by atoms with van der Waals surface area (Å²) >= 11 is 0. The van der Waals surface area contributed by atoms with Gasteiger partial charge in [0, 0.05) is 18.3 Å². The highest BCUT2D eigenvalue weighted by Gasteiger charge is 2.11. The molecule has 1 atom stereocenters. The Bertz CT molecular complexity index is 320. The van der Waals surface area contributed by atoms with Crippen LogP contribution in [-0.2, 0) is 6.42 Å². The molecule has 0 spiro atoms. The molecular weight excluding hydrogens is 212 g/mol. The second kappa shape index (κ2) is 6.17. The van der Waals surface area contributed by atoms with E-state index >= 15 is 0 Å². The van der Waals surface area contributed by atoms with Gasteiger partial charge in [0.05, 0.1) is 5.69 Å². The predicted octanol–water partition coefficient (Wildman–Crippen LogP) is 1.30. The van der Waals surface area contributed by atoms with Crippen LogP contribution in [0.25, 0.3) is 0 Å². The van der Waals surface area contributed by atoms with Crippen LogP contribution in [0.2, 0.25) is 0 Å². The zero-order valence-corrected chi connectivity index (χ0v) is 11.0. The molecule has 0 aliphatic carbocycles. The minimum atomic E-state index is 0.676. The third-order valence-electron chi connectivity index (χ3n) is 3.61. The van der Waals surface area contributed by atoms with Crippen molar-refractivity contribution < 1.29 is 0 Å². The minimum Gasteiger partial charge on any atom is -0.315 e. The molecule has 1 fully saturated rings. The summed E-state index contributed by atoms with van der Waals surface area (Å²) in [4.78, 5) is 0. The smallest absolute Gasteiger partial charge is 0.0625 e. The summed E-state index contributed by atoms with van der Waals surface area (Å²) in [5.74, 6) is 0. The number of hydrogen-bond donors (Lipinski definition) is 3. The number of aromatic nitrogens is 2. The Morgan fingerprint density at radius 3 is 2.94 bits per heavy atom. The van der Waals surface area contributed by atoms with Crippen molar-refractivity contribution in [1.82, 2.24) is 20.8 Å². The highest BCUT2D eigenvalue weighted by atomic mass is 15.1. The van der Waals surface area contributed by atoms with Crippen LogP contribution in [0, 0.1) is 13.8 Å². The molecule has 0 aromatic carbocycles. The van der Waals surface area contributed by atoms with Gasteiger partial charge in [0.25, 0.3) is 0 Å². The van der Waals surface area contributed by atoms with Crippen molar-refractivity contribution in [3.63, 3.8) is 0 Å². The lowest BCUT2D eigenvalue weighted by Gasteiger charge is -2.23. The van der Waals surface area contributed by atoms with E-state index in [1.807, 2.05) is 0 Å². The highest BCUT2D eigenvalue weighted by molar-refractivity contribution is 5.23. The van der Waals surface area contributed by atoms with Gasteiger partial charge < -0.3 is 10.6 Å². The number of piperidine rings is 1. The van der Waals surface area contributed by atoms with Crippen LogP contribution in [0.3, 0.4) is 0 Å². The van der Waals surface area contributed by atoms with E-state index in [0.717, 1.165) is 25.2 Å². The third kappa shape index (κ3) is 3.54. The van der Waals surface area contributed by atoms with Crippen molar-refractivity contribution in [2.75, 3.05) is 19.6 Å². The summed E-state index contributed by atoms with van der Waals surface area (Å²) in [5.41, 5.74) is 3.78. The summed E-state index contributed by atoms with van der Waals surface area (Å²) in [6.45, 7) is 7.61. The second-order valence-corrected chi connectivity index (χ2v) is 5.01. The average Bonchev–Trinajstić information content (AvgIpc) is 2.67. The molecule has 0 saturated carbocycles. The first-order chi connectivity index (χ1) is 8.27. The maximum Gasteiger partial charge on any atom is 0.0625 e. The summed E-state index contributed by atoms with van der Waals surface area (Å²) in [5, 5.41) is 14.3. The molecule has 1 aliphatic heterocycles. The number of aryl methyl sites for hydroxylation is 2. The van der Waals surface area contributed by atoms with Gasteiger partial charge in [0.2, 0.25) is 0 Å². The molecule has 1 unspecified atom stereocenters. The van der Waals surface area contributed by atoms with Crippen LogP contribution in [-0.4, -0.2) is 35.9 Å². The number of nitrogens with zero attached hydrogens (tertiary/aromatic N) is 1. The van der Waals surface area contributed by atoms with Crippen LogP contribution < -0.4 is 10.6 Å². The van der Waals surface area contributed by atoms with Gasteiger partial charge in [-0.2, -0.15) is 5.10 Å². The molecule has 1 saturated heterocycles. The largest absolute Gasteiger partial charge is 0.315 e. The Morgan fingerprint density at radius 2 is 2.29 bits per heavy atom. The summed E-state index contributed by atoms with van der Waals surface area (Å²) in [7, 11) is 0. The Labute approximate surface area is 104 Å². The molecule has 0 radical (unpaired) electrons. The van der Waals surface area contributed by atoms with Crippen LogP contribution in [0.15, 0.2) is 0 Å². The number of hydrogen-bond acceptors (Lipinski definition) is 3. The zero-order chi connectivity index (χ0) is 12.1. The third-order valence-corrected chi connectivity index (χ3v) is 3.61. The molecule has 2 rings (SSSR count). The average molecular weight is 236 g/mol. The molecule has 4 nitrogen and oxygen atoms in total. The van der Waals surface area contributed by atoms with Gasteiger partial charge in [-0.25, -0.2) is 0 Å². The Morgan fingerprint density at radius 1 is 1.41 bits per heavy atom. The predicted molar refractivity (Wildman–Crippen MR) is 70.3 cm³/mol. The lowest BCUT2D eigenvalue weighted by Crippen LogP contribution is -2.43. The molecule has 1 aromatic rings. The lowest BCUT2D eigenvalue weighted by molar-refractivity contribution is 0.388. The van der Waals surface area contributed by atoms with E-state index in [2.05, 4.69) is 34.7 Å². The first kappa shape index (κ1) is 12.6. The van der Waals surface area contributed by atoms with Gasteiger partial charge >= 0.3 is 0 Å². The van der Waals surface area contributed by atoms with E-state index in [1.165, 1.54) is 37.1 Å². The first-order valence-electron chi connectivity index (χ1n) is 6.72. The molecule has 0 amide bonds. The molecule has 2 heterocycles. The molecular formula is C13H24N4. The van der Waals surface area contributed by atoms with Crippen molar-refractivity contribution in [2.45, 2.75) is 45.6 Å². The van der Waals surface area contributed by atoms with Gasteiger partial charge in [-0.15, -0.1) is 0 Å². The Hall–Kier alpha value is -0.870. The summed E-state index contributed by atoms with van der Waals surface area (Å²) in [6, 6.07) is 0.676. The normalized spacial score (nSPS) is 20.7. The first-order valence-corrected chi connectivity index (χ1v) is 6.72. The van der Waals surface area contributed by atoms with Gasteiger partial charge in [0.1, 0.15) is 0 Å². The van der Waals surface area contributed by atoms with Crippen molar-refractivity contribution in [3.05, 3.63) is 17.0 Å². The van der Waals surface area contributed by atoms with Crippen LogP contribution in [0.4, 0.5) is 0 Å². The van der Waals surface area contributed by atoms with Crippen LogP contribution >= 0.6 is 0 Å². The SMILES string of the molecule is Cc1n[nH]c(C)c1CCCNC1CCCNC1. The van der Waals surface area contributed by atoms with Crippen molar-refractivity contribution in [1.29, 1.82) is 0 Å². The number of H-pyrrole nitrogens is 1. The quantitative estimate of drug-likeness (QED) is 0.676. The van der Waals surface area contributed by atoms with Crippen molar-refractivity contribution in [3.8, 4) is 0 Å². The molecule has 4 heteroatoms. The van der Waals surface area contributed by atoms with Gasteiger partial charge in [-0.05, 0) is 58.2 Å². The number of aromatic amines is 1. The van der Waals surface area contributed by atoms with E-state index in [-0.39, 0.29) is 0 Å². The maximum atomic E-state index is 4.23. The minimum absolute atomic E-state index is 0.676. The van der Waals surface area contributed by atoms with Crippen LogP contribution in [0.5, 0.6) is 0 Å². The van der Waals surface area contributed by atoms with E-state index in [9.17, 15) is 0 Å². The van der Waals surface area contributed by atoms with E-state index in [0.29, 0.717) is 6.04 Å². The fourth-order valence-electron chi connectivity index (χ4n) is 2.54. The molecule has 1 aromatic heterocycles. The Balaban J connectivity index is 1.66. The number of nitrogens with one attached hydrogen (secondary N) is 3. The van der Waals surface area contributed by atoms with Crippen molar-refractivity contribution in [2.24, 2.45) is 0 Å². The summed E-state index contributed by atoms with van der Waals surface area (Å²) in [6.07, 6.45) is 4.94. The van der Waals surface area contributed by atoms with Gasteiger partial charge in [0.15, 0.2) is 0 Å². The maximum absolute atomic E-state index is 4.23. The zero-order valence-electron chi connectivity index (χ0n) is 11.0. The summed E-state index contributed by atoms with van der Waals surface area (Å²) < 4.78 is 0. The van der Waals surface area contributed by atoms with Crippen LogP contribution in [0.1, 0.15) is 36.2 Å². The van der Waals surface area contributed by atoms with Gasteiger partial charge in [-0.3, -0.25) is 5.10 Å². The fraction of sp³-hybridized carbons (Fsp3) is 0.769. The molecule has 96 valence electrons. The fourth-order valence-corrected chi connectivity index (χ4v) is 2.54. The molecule has 0 bridgehead atoms. The molecule has 1 aliphatic rings. The topological polar surface area (TPSA) is 52.7 Å². The lowest BCUT2D eigenvalue weighted by atomic mass is 10.1. The standard InChI is InChI=1S/C13H24N4/c1-10-13(11(2)17-16-10)6-4-8-15-12-5-3-7-14-9-12/h12,14-15H,3-9H2,1-2H3,(H,16,17). The van der Waals surface area contributed by atoms with E-state index < -0.39 is 0 Å². The number of rotatable bonds is 5. The Kier molecular flexibility index (Phi) is 4.57. The van der Waals surface area contributed by atoms with E-state index in [4.69, 9.17) is 0 Å². The monoisotopic (exact) mass is 236 g/mol. The van der Waals surface area contributed by atoms with Gasteiger partial charge in [-0.1, -0.05) is 0 Å². The molecule has 17 heavy (non-hydrogen) atoms. The highest BCUT2D eigenvalue weighted by Crippen LogP contribution is 2.11. The second-order valence-electron chi connectivity index (χ2n) is 5.01. The molecule has 3 N–H and O–H groups in total. The van der Waals surface area contributed by atoms with E-state index in [1.54, 1.807) is 0 Å².